The number of hydrogen-bond donors (Lipinski definition) is 1. The summed E-state index contributed by atoms with van der Waals surface area (Å²) in [5.74, 6) is 0.319. The highest BCUT2D eigenvalue weighted by atomic mass is 16.5. The van der Waals surface area contributed by atoms with Crippen molar-refractivity contribution in [3.05, 3.63) is 109 Å². The highest BCUT2D eigenvalue weighted by molar-refractivity contribution is 5.87. The second-order valence-corrected chi connectivity index (χ2v) is 9.57. The Morgan fingerprint density at radius 3 is 2.05 bits per heavy atom. The highest BCUT2D eigenvalue weighted by Crippen LogP contribution is 2.31. The van der Waals surface area contributed by atoms with Gasteiger partial charge in [-0.15, -0.1) is 0 Å². The molecule has 0 spiro atoms. The number of carboxylic acid groups (broad SMARTS) is 1. The highest BCUT2D eigenvalue weighted by Gasteiger charge is 2.16. The van der Waals surface area contributed by atoms with Crippen molar-refractivity contribution in [2.75, 3.05) is 0 Å². The first-order chi connectivity index (χ1) is 19.4. The van der Waals surface area contributed by atoms with Crippen molar-refractivity contribution in [3.8, 4) is 45.2 Å². The van der Waals surface area contributed by atoms with Crippen molar-refractivity contribution >= 4 is 17.0 Å². The molecule has 6 aromatic rings. The second-order valence-electron chi connectivity index (χ2n) is 9.57. The third-order valence-electron chi connectivity index (χ3n) is 6.43. The van der Waals surface area contributed by atoms with Gasteiger partial charge < -0.3 is 9.84 Å². The molecule has 0 atom stereocenters. The number of ether oxygens (including phenoxy) is 1. The molecule has 8 nitrogen and oxygen atoms in total. The lowest BCUT2D eigenvalue weighted by molar-refractivity contribution is 0.0696. The molecule has 0 aliphatic heterocycles. The van der Waals surface area contributed by atoms with E-state index in [0.717, 1.165) is 50.4 Å². The zero-order valence-electron chi connectivity index (χ0n) is 21.9. The molecule has 0 fully saturated rings. The normalized spacial score (nSPS) is 11.2. The van der Waals surface area contributed by atoms with Crippen LogP contribution in [-0.4, -0.2) is 41.9 Å². The van der Waals surface area contributed by atoms with Crippen LogP contribution in [0.3, 0.4) is 0 Å². The van der Waals surface area contributed by atoms with Crippen molar-refractivity contribution < 1.29 is 14.6 Å². The van der Waals surface area contributed by atoms with E-state index in [9.17, 15) is 9.90 Å². The van der Waals surface area contributed by atoms with Gasteiger partial charge in [-0.25, -0.2) is 14.5 Å². The van der Waals surface area contributed by atoms with Gasteiger partial charge in [0.2, 0.25) is 0 Å². The summed E-state index contributed by atoms with van der Waals surface area (Å²) in [5.41, 5.74) is 7.21. The lowest BCUT2D eigenvalue weighted by Crippen LogP contribution is -2.05. The molecule has 0 unspecified atom stereocenters. The molecule has 6 rings (SSSR count). The number of aromatic nitrogens is 5. The summed E-state index contributed by atoms with van der Waals surface area (Å²) in [6.45, 7) is 4.02. The van der Waals surface area contributed by atoms with Crippen LogP contribution in [0.4, 0.5) is 0 Å². The van der Waals surface area contributed by atoms with E-state index in [0.29, 0.717) is 5.82 Å². The summed E-state index contributed by atoms with van der Waals surface area (Å²) in [6, 6.07) is 27.3. The number of carboxylic acids is 1. The number of benzene rings is 3. The molecule has 3 aromatic heterocycles. The molecule has 0 saturated carbocycles. The molecule has 1 N–H and O–H groups in total. The molecule has 0 amide bonds. The van der Waals surface area contributed by atoms with E-state index in [1.54, 1.807) is 23.1 Å². The summed E-state index contributed by atoms with van der Waals surface area (Å²) in [5, 5.41) is 14.2. The molecule has 0 saturated heterocycles. The van der Waals surface area contributed by atoms with E-state index in [-0.39, 0.29) is 11.7 Å². The van der Waals surface area contributed by atoms with Gasteiger partial charge in [-0.05, 0) is 67.4 Å². The molecule has 196 valence electrons. The fraction of sp³-hybridized carbons (Fsp3) is 0.0938. The minimum Gasteiger partial charge on any atom is -0.491 e. The number of nitrogens with zero attached hydrogens (tertiary/aromatic N) is 5. The SMILES string of the molecule is CC(C)Oc1ccc(-c2ccc(-c3cc(-c4ccc5nccnc5c4)n(-c4ccc(C(=O)O)cn4)n3)cc2)cc1. The van der Waals surface area contributed by atoms with Gasteiger partial charge in [-0.1, -0.05) is 42.5 Å². The summed E-state index contributed by atoms with van der Waals surface area (Å²) in [7, 11) is 0. The van der Waals surface area contributed by atoms with E-state index in [1.165, 1.54) is 12.3 Å². The van der Waals surface area contributed by atoms with Gasteiger partial charge in [-0.3, -0.25) is 9.97 Å². The lowest BCUT2D eigenvalue weighted by atomic mass is 10.0. The number of fused-ring (bicyclic) bond motifs is 1. The standard InChI is InChI=1S/C32H25N5O3/c1-20(2)40-26-11-7-22(8-12-26)21-3-5-23(6-4-21)28-18-30(24-9-13-27-29(17-24)34-16-15-33-27)37(36-28)31-14-10-25(19-35-31)32(38)39/h3-20H,1-2H3,(H,38,39). The number of carbonyl (C=O) groups is 1. The maximum atomic E-state index is 11.4. The van der Waals surface area contributed by atoms with Crippen LogP contribution in [0.1, 0.15) is 24.2 Å². The smallest absolute Gasteiger partial charge is 0.337 e. The van der Waals surface area contributed by atoms with Crippen LogP contribution in [0.15, 0.2) is 104 Å². The summed E-state index contributed by atoms with van der Waals surface area (Å²) >= 11 is 0. The number of rotatable bonds is 7. The van der Waals surface area contributed by atoms with Gasteiger partial charge in [0.25, 0.3) is 0 Å². The number of hydrogen-bond acceptors (Lipinski definition) is 6. The van der Waals surface area contributed by atoms with Gasteiger partial charge in [0.05, 0.1) is 34.1 Å². The van der Waals surface area contributed by atoms with Gasteiger partial charge in [0.1, 0.15) is 5.75 Å². The van der Waals surface area contributed by atoms with Crippen LogP contribution in [0.5, 0.6) is 5.75 Å². The van der Waals surface area contributed by atoms with Crippen molar-refractivity contribution in [1.82, 2.24) is 24.7 Å². The van der Waals surface area contributed by atoms with Gasteiger partial charge in [-0.2, -0.15) is 5.10 Å². The zero-order valence-corrected chi connectivity index (χ0v) is 21.9. The average molecular weight is 528 g/mol. The minimum absolute atomic E-state index is 0.109. The lowest BCUT2D eigenvalue weighted by Gasteiger charge is -2.10. The Bertz CT molecular complexity index is 1810. The Labute approximate surface area is 230 Å². The van der Waals surface area contributed by atoms with Crippen molar-refractivity contribution in [3.63, 3.8) is 0 Å². The largest absolute Gasteiger partial charge is 0.491 e. The van der Waals surface area contributed by atoms with Crippen molar-refractivity contribution in [2.45, 2.75) is 20.0 Å². The first-order valence-corrected chi connectivity index (χ1v) is 12.8. The molecule has 0 aliphatic carbocycles. The first kappa shape index (κ1) is 24.9. The van der Waals surface area contributed by atoms with E-state index in [4.69, 9.17) is 9.84 Å². The summed E-state index contributed by atoms with van der Waals surface area (Å²) in [6.07, 6.45) is 4.78. The Balaban J connectivity index is 1.38. The summed E-state index contributed by atoms with van der Waals surface area (Å²) < 4.78 is 7.48. The molecule has 0 radical (unpaired) electrons. The topological polar surface area (TPSA) is 103 Å². The third kappa shape index (κ3) is 5.02. The molecule has 3 heterocycles. The number of aromatic carboxylic acids is 1. The third-order valence-corrected chi connectivity index (χ3v) is 6.43. The predicted octanol–water partition coefficient (Wildman–Crippen LogP) is 6.70. The Morgan fingerprint density at radius 1 is 0.750 bits per heavy atom. The molecular weight excluding hydrogens is 502 g/mol. The molecule has 0 bridgehead atoms. The summed E-state index contributed by atoms with van der Waals surface area (Å²) in [4.78, 5) is 24.6. The van der Waals surface area contributed by atoms with E-state index >= 15 is 0 Å². The van der Waals surface area contributed by atoms with Gasteiger partial charge >= 0.3 is 5.97 Å². The van der Waals surface area contributed by atoms with Crippen LogP contribution < -0.4 is 4.74 Å². The molecular formula is C32H25N5O3. The maximum absolute atomic E-state index is 11.4. The molecule has 0 aliphatic rings. The second kappa shape index (κ2) is 10.4. The zero-order chi connectivity index (χ0) is 27.6. The van der Waals surface area contributed by atoms with Crippen LogP contribution in [-0.2, 0) is 0 Å². The van der Waals surface area contributed by atoms with Crippen LogP contribution in [0.25, 0.3) is 50.5 Å². The predicted molar refractivity (Wildman–Crippen MR) is 153 cm³/mol. The van der Waals surface area contributed by atoms with Crippen molar-refractivity contribution in [2.24, 2.45) is 0 Å². The minimum atomic E-state index is -1.03. The first-order valence-electron chi connectivity index (χ1n) is 12.8. The quantitative estimate of drug-likeness (QED) is 0.246. The Kier molecular flexibility index (Phi) is 6.49. The van der Waals surface area contributed by atoms with Crippen LogP contribution in [0.2, 0.25) is 0 Å². The average Bonchev–Trinajstić information content (AvgIpc) is 3.43. The van der Waals surface area contributed by atoms with E-state index in [2.05, 4.69) is 39.2 Å². The van der Waals surface area contributed by atoms with Gasteiger partial charge in [0, 0.05) is 29.7 Å². The fourth-order valence-electron chi connectivity index (χ4n) is 4.49. The Hall–Kier alpha value is -5.37. The fourth-order valence-corrected chi connectivity index (χ4v) is 4.49. The maximum Gasteiger partial charge on any atom is 0.337 e. The molecule has 40 heavy (non-hydrogen) atoms. The van der Waals surface area contributed by atoms with Gasteiger partial charge in [0.15, 0.2) is 5.82 Å². The van der Waals surface area contributed by atoms with Crippen molar-refractivity contribution in [1.29, 1.82) is 0 Å². The van der Waals surface area contributed by atoms with Crippen LogP contribution in [0, 0.1) is 0 Å². The molecule has 3 aromatic carbocycles. The monoisotopic (exact) mass is 527 g/mol. The Morgan fingerprint density at radius 2 is 1.40 bits per heavy atom. The number of pyridine rings is 1. The molecule has 8 heteroatoms. The van der Waals surface area contributed by atoms with Crippen LogP contribution >= 0.6 is 0 Å². The van der Waals surface area contributed by atoms with E-state index in [1.807, 2.05) is 62.4 Å². The van der Waals surface area contributed by atoms with E-state index < -0.39 is 5.97 Å².